The van der Waals surface area contributed by atoms with Gasteiger partial charge in [-0.2, -0.15) is 5.26 Å². The maximum absolute atomic E-state index is 12.4. The van der Waals surface area contributed by atoms with Gasteiger partial charge in [0, 0.05) is 12.6 Å². The summed E-state index contributed by atoms with van der Waals surface area (Å²) >= 11 is 0. The first-order valence-electron chi connectivity index (χ1n) is 7.90. The fourth-order valence-corrected chi connectivity index (χ4v) is 2.93. The second kappa shape index (κ2) is 7.28. The van der Waals surface area contributed by atoms with Crippen molar-refractivity contribution in [2.75, 3.05) is 13.7 Å². The SMILES string of the molecule is CC(=O)c1ccc(OCC(=O)N(C)C2(C#N)CCCCC2)cc1. The molecule has 1 aliphatic carbocycles. The molecule has 0 heterocycles. The maximum atomic E-state index is 12.4. The molecule has 23 heavy (non-hydrogen) atoms. The summed E-state index contributed by atoms with van der Waals surface area (Å²) in [7, 11) is 1.68. The van der Waals surface area contributed by atoms with Crippen LogP contribution in [0.25, 0.3) is 0 Å². The van der Waals surface area contributed by atoms with Gasteiger partial charge in [-0.15, -0.1) is 0 Å². The minimum Gasteiger partial charge on any atom is -0.484 e. The average molecular weight is 314 g/mol. The molecule has 1 aromatic rings. The molecule has 0 unspecified atom stereocenters. The van der Waals surface area contributed by atoms with Gasteiger partial charge < -0.3 is 9.64 Å². The first-order chi connectivity index (χ1) is 11.0. The van der Waals surface area contributed by atoms with Crippen LogP contribution in [0.4, 0.5) is 0 Å². The Kier molecular flexibility index (Phi) is 5.38. The molecular formula is C18H22N2O3. The maximum Gasteiger partial charge on any atom is 0.261 e. The lowest BCUT2D eigenvalue weighted by atomic mass is 9.81. The molecule has 1 amide bonds. The normalized spacial score (nSPS) is 16.2. The van der Waals surface area contributed by atoms with Crippen molar-refractivity contribution in [3.05, 3.63) is 29.8 Å². The fourth-order valence-electron chi connectivity index (χ4n) is 2.93. The summed E-state index contributed by atoms with van der Waals surface area (Å²) in [6.07, 6.45) is 4.50. The van der Waals surface area contributed by atoms with E-state index in [1.807, 2.05) is 0 Å². The Balaban J connectivity index is 1.95. The summed E-state index contributed by atoms with van der Waals surface area (Å²) in [6, 6.07) is 9.01. The number of hydrogen-bond acceptors (Lipinski definition) is 4. The van der Waals surface area contributed by atoms with Gasteiger partial charge in [-0.25, -0.2) is 0 Å². The third kappa shape index (κ3) is 3.89. The van der Waals surface area contributed by atoms with Crippen LogP contribution in [-0.4, -0.2) is 35.8 Å². The number of carbonyl (C=O) groups excluding carboxylic acids is 2. The van der Waals surface area contributed by atoms with Crippen LogP contribution in [-0.2, 0) is 4.79 Å². The number of ketones is 1. The van der Waals surface area contributed by atoms with Crippen molar-refractivity contribution in [3.8, 4) is 11.8 Å². The molecule has 0 N–H and O–H groups in total. The standard InChI is InChI=1S/C18H22N2O3/c1-14(21)15-6-8-16(9-7-15)23-12-17(22)20(2)18(13-19)10-4-3-5-11-18/h6-9H,3-5,10-12H2,1-2H3. The highest BCUT2D eigenvalue weighted by Crippen LogP contribution is 2.32. The number of hydrogen-bond donors (Lipinski definition) is 0. The molecule has 0 aliphatic heterocycles. The Morgan fingerprint density at radius 3 is 2.35 bits per heavy atom. The summed E-state index contributed by atoms with van der Waals surface area (Å²) in [5, 5.41) is 9.51. The number of Topliss-reactive ketones (excluding diaryl/α,β-unsaturated/α-hetero) is 1. The zero-order chi connectivity index (χ0) is 16.9. The lowest BCUT2D eigenvalue weighted by molar-refractivity contribution is -0.137. The number of rotatable bonds is 5. The molecule has 0 saturated heterocycles. The van der Waals surface area contributed by atoms with Crippen LogP contribution < -0.4 is 4.74 Å². The largest absolute Gasteiger partial charge is 0.484 e. The molecule has 5 heteroatoms. The Labute approximate surface area is 136 Å². The first kappa shape index (κ1) is 17.0. The first-order valence-corrected chi connectivity index (χ1v) is 7.90. The summed E-state index contributed by atoms with van der Waals surface area (Å²) in [5.41, 5.74) is -0.0941. The molecule has 0 radical (unpaired) electrons. The molecule has 1 aromatic carbocycles. The van der Waals surface area contributed by atoms with E-state index in [1.54, 1.807) is 31.3 Å². The van der Waals surface area contributed by atoms with Crippen molar-refractivity contribution in [2.24, 2.45) is 0 Å². The average Bonchev–Trinajstić information content (AvgIpc) is 2.59. The van der Waals surface area contributed by atoms with Crippen LogP contribution in [0.15, 0.2) is 24.3 Å². The third-order valence-corrected chi connectivity index (χ3v) is 4.53. The van der Waals surface area contributed by atoms with Crippen LogP contribution >= 0.6 is 0 Å². The Morgan fingerprint density at radius 1 is 1.22 bits per heavy atom. The van der Waals surface area contributed by atoms with Crippen molar-refractivity contribution in [1.82, 2.24) is 4.90 Å². The van der Waals surface area contributed by atoms with Gasteiger partial charge in [-0.1, -0.05) is 19.3 Å². The van der Waals surface area contributed by atoms with Crippen LogP contribution in [0.5, 0.6) is 5.75 Å². The monoisotopic (exact) mass is 314 g/mol. The molecule has 1 fully saturated rings. The van der Waals surface area contributed by atoms with Crippen molar-refractivity contribution in [3.63, 3.8) is 0 Å². The van der Waals surface area contributed by atoms with Gasteiger partial charge in [0.2, 0.25) is 0 Å². The van der Waals surface area contributed by atoms with E-state index in [1.165, 1.54) is 11.8 Å². The van der Waals surface area contributed by atoms with E-state index in [-0.39, 0.29) is 18.3 Å². The zero-order valence-electron chi connectivity index (χ0n) is 13.7. The van der Waals surface area contributed by atoms with Crippen molar-refractivity contribution < 1.29 is 14.3 Å². The topological polar surface area (TPSA) is 70.4 Å². The number of ether oxygens (including phenoxy) is 1. The summed E-state index contributed by atoms with van der Waals surface area (Å²) in [6.45, 7) is 1.39. The van der Waals surface area contributed by atoms with E-state index in [0.717, 1.165) is 32.1 Å². The number of likely N-dealkylation sites (N-methyl/N-ethyl adjacent to an activating group) is 1. The van der Waals surface area contributed by atoms with E-state index >= 15 is 0 Å². The van der Waals surface area contributed by atoms with Crippen LogP contribution in [0.1, 0.15) is 49.4 Å². The van der Waals surface area contributed by atoms with Crippen molar-refractivity contribution in [1.29, 1.82) is 5.26 Å². The molecule has 0 aromatic heterocycles. The van der Waals surface area contributed by atoms with Gasteiger partial charge in [-0.3, -0.25) is 9.59 Å². The lowest BCUT2D eigenvalue weighted by Crippen LogP contribution is -2.51. The molecular weight excluding hydrogens is 292 g/mol. The lowest BCUT2D eigenvalue weighted by Gasteiger charge is -2.38. The molecule has 122 valence electrons. The highest BCUT2D eigenvalue weighted by molar-refractivity contribution is 5.94. The van der Waals surface area contributed by atoms with Crippen molar-refractivity contribution in [2.45, 2.75) is 44.6 Å². The van der Waals surface area contributed by atoms with Gasteiger partial charge in [0.05, 0.1) is 6.07 Å². The van der Waals surface area contributed by atoms with Crippen LogP contribution in [0.2, 0.25) is 0 Å². The molecule has 0 atom stereocenters. The predicted molar refractivity (Wildman–Crippen MR) is 86.1 cm³/mol. The summed E-state index contributed by atoms with van der Waals surface area (Å²) in [5.74, 6) is 0.316. The zero-order valence-corrected chi connectivity index (χ0v) is 13.7. The second-order valence-electron chi connectivity index (χ2n) is 6.03. The quantitative estimate of drug-likeness (QED) is 0.783. The smallest absolute Gasteiger partial charge is 0.261 e. The van der Waals surface area contributed by atoms with Crippen LogP contribution in [0, 0.1) is 11.3 Å². The summed E-state index contributed by atoms with van der Waals surface area (Å²) in [4.78, 5) is 25.1. The van der Waals surface area contributed by atoms with Gasteiger partial charge in [-0.05, 0) is 44.0 Å². The number of nitriles is 1. The van der Waals surface area contributed by atoms with Crippen LogP contribution in [0.3, 0.4) is 0 Å². The molecule has 0 spiro atoms. The molecule has 1 saturated carbocycles. The van der Waals surface area contributed by atoms with Gasteiger partial charge in [0.1, 0.15) is 11.3 Å². The second-order valence-corrected chi connectivity index (χ2v) is 6.03. The predicted octanol–water partition coefficient (Wildman–Crippen LogP) is 2.95. The van der Waals surface area contributed by atoms with Gasteiger partial charge in [0.15, 0.2) is 12.4 Å². The van der Waals surface area contributed by atoms with Gasteiger partial charge in [0.25, 0.3) is 5.91 Å². The number of amides is 1. The Morgan fingerprint density at radius 2 is 1.83 bits per heavy atom. The van der Waals surface area contributed by atoms with E-state index in [0.29, 0.717) is 11.3 Å². The number of benzene rings is 1. The molecule has 1 aliphatic rings. The van der Waals surface area contributed by atoms with E-state index in [9.17, 15) is 14.9 Å². The van der Waals surface area contributed by atoms with Crippen molar-refractivity contribution >= 4 is 11.7 Å². The van der Waals surface area contributed by atoms with E-state index in [4.69, 9.17) is 4.74 Å². The fraction of sp³-hybridized carbons (Fsp3) is 0.500. The highest BCUT2D eigenvalue weighted by Gasteiger charge is 2.38. The highest BCUT2D eigenvalue weighted by atomic mass is 16.5. The third-order valence-electron chi connectivity index (χ3n) is 4.53. The minimum absolute atomic E-state index is 0.0133. The van der Waals surface area contributed by atoms with E-state index < -0.39 is 5.54 Å². The van der Waals surface area contributed by atoms with E-state index in [2.05, 4.69) is 6.07 Å². The summed E-state index contributed by atoms with van der Waals surface area (Å²) < 4.78 is 5.49. The molecule has 0 bridgehead atoms. The Bertz CT molecular complexity index is 610. The number of nitrogens with zero attached hydrogens (tertiary/aromatic N) is 2. The van der Waals surface area contributed by atoms with Gasteiger partial charge >= 0.3 is 0 Å². The Hall–Kier alpha value is -2.35. The molecule has 2 rings (SSSR count). The molecule has 5 nitrogen and oxygen atoms in total. The number of carbonyl (C=O) groups is 2. The minimum atomic E-state index is -0.697.